The number of nitrogens with zero attached hydrogens (tertiary/aromatic N) is 1. The molecule has 1 aromatic carbocycles. The standard InChI is InChI=1S/C17H26N2O3/c1-12-6-4-5-9-19(12)17(21)13(2)18-11-14-7-8-16(22-3)15(20)10-14/h7-8,10,12-13,18,20H,4-6,9,11H2,1-3H3. The number of amides is 1. The summed E-state index contributed by atoms with van der Waals surface area (Å²) >= 11 is 0. The Morgan fingerprint density at radius 1 is 1.50 bits per heavy atom. The van der Waals surface area contributed by atoms with Gasteiger partial charge in [-0.05, 0) is 50.8 Å². The van der Waals surface area contributed by atoms with E-state index in [-0.39, 0.29) is 17.7 Å². The van der Waals surface area contributed by atoms with Crippen molar-refractivity contribution in [1.29, 1.82) is 0 Å². The van der Waals surface area contributed by atoms with Gasteiger partial charge in [-0.1, -0.05) is 6.07 Å². The molecule has 0 bridgehead atoms. The van der Waals surface area contributed by atoms with Crippen LogP contribution in [0.1, 0.15) is 38.7 Å². The number of methoxy groups -OCH3 is 1. The zero-order valence-electron chi connectivity index (χ0n) is 13.6. The van der Waals surface area contributed by atoms with E-state index in [9.17, 15) is 9.90 Å². The van der Waals surface area contributed by atoms with E-state index >= 15 is 0 Å². The minimum absolute atomic E-state index is 0.116. The topological polar surface area (TPSA) is 61.8 Å². The summed E-state index contributed by atoms with van der Waals surface area (Å²) in [6, 6.07) is 5.37. The van der Waals surface area contributed by atoms with Crippen molar-refractivity contribution < 1.29 is 14.6 Å². The fourth-order valence-electron chi connectivity index (χ4n) is 2.88. The number of likely N-dealkylation sites (tertiary alicyclic amines) is 1. The van der Waals surface area contributed by atoms with Gasteiger partial charge in [0.2, 0.25) is 5.91 Å². The monoisotopic (exact) mass is 306 g/mol. The van der Waals surface area contributed by atoms with Crippen molar-refractivity contribution in [1.82, 2.24) is 10.2 Å². The number of ether oxygens (including phenoxy) is 1. The van der Waals surface area contributed by atoms with Gasteiger partial charge in [0, 0.05) is 19.1 Å². The lowest BCUT2D eigenvalue weighted by Gasteiger charge is -2.35. The molecule has 1 aromatic rings. The molecule has 2 rings (SSSR count). The first-order chi connectivity index (χ1) is 10.5. The van der Waals surface area contributed by atoms with Gasteiger partial charge in [0.1, 0.15) is 0 Å². The van der Waals surface area contributed by atoms with Gasteiger partial charge in [-0.3, -0.25) is 4.79 Å². The van der Waals surface area contributed by atoms with Crippen LogP contribution in [0.15, 0.2) is 18.2 Å². The first kappa shape index (κ1) is 16.6. The fourth-order valence-corrected chi connectivity index (χ4v) is 2.88. The molecular formula is C17H26N2O3. The summed E-state index contributed by atoms with van der Waals surface area (Å²) in [5, 5.41) is 13.0. The number of phenolic OH excluding ortho intramolecular Hbond substituents is 1. The van der Waals surface area contributed by atoms with Gasteiger partial charge in [0.25, 0.3) is 0 Å². The zero-order chi connectivity index (χ0) is 16.1. The van der Waals surface area contributed by atoms with E-state index in [4.69, 9.17) is 4.74 Å². The van der Waals surface area contributed by atoms with Crippen molar-refractivity contribution in [2.75, 3.05) is 13.7 Å². The van der Waals surface area contributed by atoms with Gasteiger partial charge in [-0.25, -0.2) is 0 Å². The smallest absolute Gasteiger partial charge is 0.239 e. The lowest BCUT2D eigenvalue weighted by molar-refractivity contribution is -0.136. The first-order valence-corrected chi connectivity index (χ1v) is 7.92. The summed E-state index contributed by atoms with van der Waals surface area (Å²) in [5.41, 5.74) is 0.921. The summed E-state index contributed by atoms with van der Waals surface area (Å²) in [4.78, 5) is 14.5. The average Bonchev–Trinajstić information content (AvgIpc) is 2.52. The lowest BCUT2D eigenvalue weighted by atomic mass is 10.0. The molecule has 0 radical (unpaired) electrons. The lowest BCUT2D eigenvalue weighted by Crippen LogP contribution is -2.50. The highest BCUT2D eigenvalue weighted by Crippen LogP contribution is 2.26. The number of hydrogen-bond donors (Lipinski definition) is 2. The largest absolute Gasteiger partial charge is 0.504 e. The highest BCUT2D eigenvalue weighted by atomic mass is 16.5. The van der Waals surface area contributed by atoms with Crippen molar-refractivity contribution in [2.45, 2.75) is 51.7 Å². The van der Waals surface area contributed by atoms with Crippen LogP contribution < -0.4 is 10.1 Å². The van der Waals surface area contributed by atoms with Crippen LogP contribution in [0.25, 0.3) is 0 Å². The molecule has 1 heterocycles. The van der Waals surface area contributed by atoms with Gasteiger partial charge >= 0.3 is 0 Å². The van der Waals surface area contributed by atoms with Crippen LogP contribution in [-0.4, -0.2) is 41.7 Å². The molecule has 1 fully saturated rings. The normalized spacial score (nSPS) is 19.8. The summed E-state index contributed by atoms with van der Waals surface area (Å²) in [6.45, 7) is 5.40. The molecule has 2 N–H and O–H groups in total. The molecule has 0 saturated carbocycles. The Morgan fingerprint density at radius 3 is 2.91 bits per heavy atom. The maximum Gasteiger partial charge on any atom is 0.239 e. The van der Waals surface area contributed by atoms with E-state index in [0.717, 1.165) is 24.9 Å². The number of hydrogen-bond acceptors (Lipinski definition) is 4. The summed E-state index contributed by atoms with van der Waals surface area (Å²) in [7, 11) is 1.52. The second kappa shape index (κ2) is 7.49. The van der Waals surface area contributed by atoms with Crippen LogP contribution in [0.5, 0.6) is 11.5 Å². The molecular weight excluding hydrogens is 280 g/mol. The molecule has 1 aliphatic heterocycles. The number of nitrogens with one attached hydrogen (secondary N) is 1. The van der Waals surface area contributed by atoms with E-state index in [0.29, 0.717) is 18.3 Å². The molecule has 22 heavy (non-hydrogen) atoms. The first-order valence-electron chi connectivity index (χ1n) is 7.92. The molecule has 0 spiro atoms. The quantitative estimate of drug-likeness (QED) is 0.876. The van der Waals surface area contributed by atoms with Crippen LogP contribution in [0, 0.1) is 0 Å². The second-order valence-corrected chi connectivity index (χ2v) is 5.99. The molecule has 2 unspecified atom stereocenters. The van der Waals surface area contributed by atoms with Crippen molar-refractivity contribution in [3.05, 3.63) is 23.8 Å². The van der Waals surface area contributed by atoms with Crippen LogP contribution >= 0.6 is 0 Å². The van der Waals surface area contributed by atoms with Crippen molar-refractivity contribution in [3.8, 4) is 11.5 Å². The number of aromatic hydroxyl groups is 1. The third kappa shape index (κ3) is 3.91. The van der Waals surface area contributed by atoms with Crippen LogP contribution in [0.4, 0.5) is 0 Å². The third-order valence-corrected chi connectivity index (χ3v) is 4.31. The summed E-state index contributed by atoms with van der Waals surface area (Å²) < 4.78 is 5.02. The van der Waals surface area contributed by atoms with E-state index in [1.54, 1.807) is 12.1 Å². The highest BCUT2D eigenvalue weighted by Gasteiger charge is 2.26. The molecule has 2 atom stereocenters. The Labute approximate surface area is 132 Å². The molecule has 1 amide bonds. The number of piperidine rings is 1. The number of carbonyl (C=O) groups excluding carboxylic acids is 1. The minimum atomic E-state index is -0.232. The van der Waals surface area contributed by atoms with Gasteiger partial charge < -0.3 is 20.1 Å². The Morgan fingerprint density at radius 2 is 2.27 bits per heavy atom. The summed E-state index contributed by atoms with van der Waals surface area (Å²) in [6.07, 6.45) is 3.39. The van der Waals surface area contributed by atoms with Gasteiger partial charge in [0.05, 0.1) is 13.2 Å². The number of rotatable bonds is 5. The van der Waals surface area contributed by atoms with Crippen LogP contribution in [-0.2, 0) is 11.3 Å². The maximum atomic E-state index is 12.5. The Bertz CT molecular complexity index is 519. The molecule has 0 aromatic heterocycles. The molecule has 5 nitrogen and oxygen atoms in total. The Kier molecular flexibility index (Phi) is 5.66. The number of benzene rings is 1. The second-order valence-electron chi connectivity index (χ2n) is 5.99. The van der Waals surface area contributed by atoms with E-state index in [1.165, 1.54) is 13.5 Å². The van der Waals surface area contributed by atoms with Crippen molar-refractivity contribution >= 4 is 5.91 Å². The van der Waals surface area contributed by atoms with E-state index in [1.807, 2.05) is 17.9 Å². The predicted molar refractivity (Wildman–Crippen MR) is 86.0 cm³/mol. The molecule has 1 saturated heterocycles. The Hall–Kier alpha value is -1.75. The zero-order valence-corrected chi connectivity index (χ0v) is 13.6. The van der Waals surface area contributed by atoms with E-state index in [2.05, 4.69) is 12.2 Å². The molecule has 0 aliphatic carbocycles. The maximum absolute atomic E-state index is 12.5. The van der Waals surface area contributed by atoms with Crippen LogP contribution in [0.2, 0.25) is 0 Å². The summed E-state index contributed by atoms with van der Waals surface area (Å²) in [5.74, 6) is 0.727. The van der Waals surface area contributed by atoms with Crippen molar-refractivity contribution in [3.63, 3.8) is 0 Å². The Balaban J connectivity index is 1.90. The van der Waals surface area contributed by atoms with Gasteiger partial charge in [-0.15, -0.1) is 0 Å². The molecule has 1 aliphatic rings. The predicted octanol–water partition coefficient (Wildman–Crippen LogP) is 2.28. The van der Waals surface area contributed by atoms with Crippen molar-refractivity contribution in [2.24, 2.45) is 0 Å². The third-order valence-electron chi connectivity index (χ3n) is 4.31. The number of carbonyl (C=O) groups is 1. The molecule has 5 heteroatoms. The highest BCUT2D eigenvalue weighted by molar-refractivity contribution is 5.81. The van der Waals surface area contributed by atoms with Gasteiger partial charge in [0.15, 0.2) is 11.5 Å². The SMILES string of the molecule is COc1ccc(CNC(C)C(=O)N2CCCCC2C)cc1O. The van der Waals surface area contributed by atoms with Crippen LogP contribution in [0.3, 0.4) is 0 Å². The average molecular weight is 306 g/mol. The fraction of sp³-hybridized carbons (Fsp3) is 0.588. The van der Waals surface area contributed by atoms with E-state index < -0.39 is 0 Å². The minimum Gasteiger partial charge on any atom is -0.504 e. The van der Waals surface area contributed by atoms with Gasteiger partial charge in [-0.2, -0.15) is 0 Å². The molecule has 122 valence electrons. The number of phenols is 1.